The van der Waals surface area contributed by atoms with Crippen molar-refractivity contribution in [1.82, 2.24) is 15.1 Å². The fraction of sp³-hybridized carbons (Fsp3) is 0.769. The van der Waals surface area contributed by atoms with E-state index in [1.54, 1.807) is 0 Å². The predicted octanol–water partition coefficient (Wildman–Crippen LogP) is 2.70. The highest BCUT2D eigenvalue weighted by atomic mass is 32.2. The van der Waals surface area contributed by atoms with Crippen LogP contribution in [-0.4, -0.2) is 28.3 Å². The van der Waals surface area contributed by atoms with E-state index in [1.165, 1.54) is 30.0 Å². The largest absolute Gasteiger partial charge is 0.311 e. The van der Waals surface area contributed by atoms with Crippen molar-refractivity contribution >= 4 is 11.8 Å². The summed E-state index contributed by atoms with van der Waals surface area (Å²) in [7, 11) is 0. The average molecular weight is 255 g/mol. The Morgan fingerprint density at radius 2 is 2.18 bits per heavy atom. The van der Waals surface area contributed by atoms with E-state index in [4.69, 9.17) is 0 Å². The van der Waals surface area contributed by atoms with Crippen molar-refractivity contribution in [3.8, 4) is 0 Å². The van der Waals surface area contributed by atoms with Gasteiger partial charge in [0, 0.05) is 13.1 Å². The zero-order chi connectivity index (χ0) is 12.5. The first-order valence-corrected chi connectivity index (χ1v) is 7.96. The van der Waals surface area contributed by atoms with E-state index in [9.17, 15) is 0 Å². The van der Waals surface area contributed by atoms with Gasteiger partial charge in [-0.3, -0.25) is 4.68 Å². The van der Waals surface area contributed by atoms with E-state index in [0.29, 0.717) is 0 Å². The van der Waals surface area contributed by atoms with Gasteiger partial charge in [0.25, 0.3) is 0 Å². The summed E-state index contributed by atoms with van der Waals surface area (Å²) in [6.07, 6.45) is 5.76. The van der Waals surface area contributed by atoms with E-state index in [-0.39, 0.29) is 0 Å². The standard InChI is InChI=1S/C13H25N3S/c1-4-12-10-13(16(5-2)15-12)11-14-8-6-7-9-17-3/h10,14H,4-9,11H2,1-3H3. The molecule has 1 N–H and O–H groups in total. The van der Waals surface area contributed by atoms with Crippen LogP contribution in [0.15, 0.2) is 6.07 Å². The van der Waals surface area contributed by atoms with Gasteiger partial charge in [-0.15, -0.1) is 0 Å². The topological polar surface area (TPSA) is 29.9 Å². The number of aryl methyl sites for hydroxylation is 2. The van der Waals surface area contributed by atoms with E-state index in [2.05, 4.69) is 41.3 Å². The molecule has 0 aliphatic carbocycles. The van der Waals surface area contributed by atoms with Crippen LogP contribution in [0.5, 0.6) is 0 Å². The third-order valence-corrected chi connectivity index (χ3v) is 3.53. The van der Waals surface area contributed by atoms with Crippen molar-refractivity contribution in [2.24, 2.45) is 0 Å². The molecule has 0 unspecified atom stereocenters. The Bertz CT molecular complexity index is 310. The van der Waals surface area contributed by atoms with Crippen LogP contribution < -0.4 is 5.32 Å². The molecule has 0 aliphatic rings. The van der Waals surface area contributed by atoms with Crippen LogP contribution in [0, 0.1) is 0 Å². The van der Waals surface area contributed by atoms with Gasteiger partial charge in [-0.05, 0) is 50.8 Å². The predicted molar refractivity (Wildman–Crippen MR) is 76.6 cm³/mol. The monoisotopic (exact) mass is 255 g/mol. The molecule has 1 aromatic rings. The second-order valence-electron chi connectivity index (χ2n) is 4.17. The summed E-state index contributed by atoms with van der Waals surface area (Å²) in [5, 5.41) is 8.05. The summed E-state index contributed by atoms with van der Waals surface area (Å²) in [5.74, 6) is 1.27. The molecule has 98 valence electrons. The molecule has 1 rings (SSSR count). The molecule has 4 heteroatoms. The summed E-state index contributed by atoms with van der Waals surface area (Å²) in [6.45, 7) is 7.32. The lowest BCUT2D eigenvalue weighted by Crippen LogP contribution is -2.17. The van der Waals surface area contributed by atoms with Gasteiger partial charge >= 0.3 is 0 Å². The maximum atomic E-state index is 4.55. The lowest BCUT2D eigenvalue weighted by atomic mass is 10.3. The first kappa shape index (κ1) is 14.6. The Labute approximate surface area is 109 Å². The molecule has 3 nitrogen and oxygen atoms in total. The number of unbranched alkanes of at least 4 members (excludes halogenated alkanes) is 1. The zero-order valence-electron chi connectivity index (χ0n) is 11.3. The quantitative estimate of drug-likeness (QED) is 0.688. The number of aromatic nitrogens is 2. The maximum Gasteiger partial charge on any atom is 0.0625 e. The number of hydrogen-bond acceptors (Lipinski definition) is 3. The average Bonchev–Trinajstić information content (AvgIpc) is 2.76. The highest BCUT2D eigenvalue weighted by molar-refractivity contribution is 7.98. The number of nitrogens with zero attached hydrogens (tertiary/aromatic N) is 2. The molecular weight excluding hydrogens is 230 g/mol. The van der Waals surface area contributed by atoms with E-state index < -0.39 is 0 Å². The van der Waals surface area contributed by atoms with Crippen LogP contribution in [-0.2, 0) is 19.5 Å². The Morgan fingerprint density at radius 3 is 2.82 bits per heavy atom. The number of thioether (sulfide) groups is 1. The van der Waals surface area contributed by atoms with Crippen LogP contribution in [0.1, 0.15) is 38.1 Å². The minimum atomic E-state index is 0.945. The van der Waals surface area contributed by atoms with Gasteiger partial charge in [0.05, 0.1) is 11.4 Å². The molecule has 17 heavy (non-hydrogen) atoms. The van der Waals surface area contributed by atoms with Gasteiger partial charge in [-0.25, -0.2) is 0 Å². The Balaban J connectivity index is 2.28. The van der Waals surface area contributed by atoms with Gasteiger partial charge < -0.3 is 5.32 Å². The first-order chi connectivity index (χ1) is 8.31. The second kappa shape index (κ2) is 8.59. The lowest BCUT2D eigenvalue weighted by Gasteiger charge is -2.06. The highest BCUT2D eigenvalue weighted by Gasteiger charge is 2.04. The summed E-state index contributed by atoms with van der Waals surface area (Å²) in [4.78, 5) is 0. The molecule has 0 saturated carbocycles. The molecule has 0 aliphatic heterocycles. The molecule has 0 saturated heterocycles. The van der Waals surface area contributed by atoms with Crippen LogP contribution in [0.2, 0.25) is 0 Å². The molecule has 0 bridgehead atoms. The fourth-order valence-corrected chi connectivity index (χ4v) is 2.31. The third-order valence-electron chi connectivity index (χ3n) is 2.83. The van der Waals surface area contributed by atoms with Crippen molar-refractivity contribution in [2.75, 3.05) is 18.6 Å². The number of nitrogens with one attached hydrogen (secondary N) is 1. The van der Waals surface area contributed by atoms with Gasteiger partial charge in [-0.1, -0.05) is 6.92 Å². The molecule has 0 atom stereocenters. The Kier molecular flexibility index (Phi) is 7.37. The van der Waals surface area contributed by atoms with Crippen LogP contribution in [0.4, 0.5) is 0 Å². The van der Waals surface area contributed by atoms with Crippen molar-refractivity contribution < 1.29 is 0 Å². The van der Waals surface area contributed by atoms with Gasteiger partial charge in [-0.2, -0.15) is 16.9 Å². The number of rotatable bonds is 9. The molecule has 0 amide bonds. The highest BCUT2D eigenvalue weighted by Crippen LogP contribution is 2.05. The van der Waals surface area contributed by atoms with E-state index in [1.807, 2.05) is 11.8 Å². The minimum Gasteiger partial charge on any atom is -0.311 e. The van der Waals surface area contributed by atoms with E-state index in [0.717, 1.165) is 26.1 Å². The molecule has 0 aromatic carbocycles. The van der Waals surface area contributed by atoms with E-state index >= 15 is 0 Å². The molecule has 0 fully saturated rings. The van der Waals surface area contributed by atoms with Crippen molar-refractivity contribution in [1.29, 1.82) is 0 Å². The van der Waals surface area contributed by atoms with Crippen LogP contribution >= 0.6 is 11.8 Å². The lowest BCUT2D eigenvalue weighted by molar-refractivity contribution is 0.569. The van der Waals surface area contributed by atoms with Crippen molar-refractivity contribution in [3.63, 3.8) is 0 Å². The normalized spacial score (nSPS) is 11.0. The maximum absolute atomic E-state index is 4.55. The zero-order valence-corrected chi connectivity index (χ0v) is 12.1. The summed E-state index contributed by atoms with van der Waals surface area (Å²) < 4.78 is 2.10. The summed E-state index contributed by atoms with van der Waals surface area (Å²) >= 11 is 1.93. The Morgan fingerprint density at radius 1 is 1.35 bits per heavy atom. The summed E-state index contributed by atoms with van der Waals surface area (Å²) in [5.41, 5.74) is 2.51. The van der Waals surface area contributed by atoms with Crippen LogP contribution in [0.3, 0.4) is 0 Å². The smallest absolute Gasteiger partial charge is 0.0625 e. The molecular formula is C13H25N3S. The Hall–Kier alpha value is -0.480. The number of hydrogen-bond donors (Lipinski definition) is 1. The fourth-order valence-electron chi connectivity index (χ4n) is 1.82. The van der Waals surface area contributed by atoms with Crippen molar-refractivity contribution in [2.45, 2.75) is 46.2 Å². The molecule has 0 radical (unpaired) electrons. The van der Waals surface area contributed by atoms with Gasteiger partial charge in [0.1, 0.15) is 0 Å². The SMILES string of the molecule is CCc1cc(CNCCCCSC)n(CC)n1. The van der Waals surface area contributed by atoms with Crippen molar-refractivity contribution in [3.05, 3.63) is 17.5 Å². The molecule has 1 heterocycles. The summed E-state index contributed by atoms with van der Waals surface area (Å²) in [6, 6.07) is 2.22. The minimum absolute atomic E-state index is 0.945. The van der Waals surface area contributed by atoms with Gasteiger partial charge in [0.2, 0.25) is 0 Å². The third kappa shape index (κ3) is 5.13. The second-order valence-corrected chi connectivity index (χ2v) is 5.16. The molecule has 1 aromatic heterocycles. The molecule has 0 spiro atoms. The first-order valence-electron chi connectivity index (χ1n) is 6.57. The van der Waals surface area contributed by atoms with Gasteiger partial charge in [0.15, 0.2) is 0 Å². The van der Waals surface area contributed by atoms with Crippen LogP contribution in [0.25, 0.3) is 0 Å².